The van der Waals surface area contributed by atoms with E-state index in [9.17, 15) is 25.1 Å². The van der Waals surface area contributed by atoms with E-state index in [2.05, 4.69) is 17.8 Å². The molecular formula is C52H55N3O12. The molecule has 4 aromatic carbocycles. The molecular weight excluding hydrogens is 859 g/mol. The molecule has 8 rings (SSSR count). The topological polar surface area (TPSA) is 189 Å². The number of ether oxygens (including phenoxy) is 5. The molecule has 0 aromatic heterocycles. The maximum Gasteiger partial charge on any atom is 0.269 e. The van der Waals surface area contributed by atoms with Crippen molar-refractivity contribution >= 4 is 29.7 Å². The number of aldehydes is 1. The van der Waals surface area contributed by atoms with Crippen molar-refractivity contribution < 1.29 is 53.2 Å². The number of hydrogen-bond acceptors (Lipinski definition) is 13. The molecule has 6 atom stereocenters. The highest BCUT2D eigenvalue weighted by Gasteiger charge is 2.65. The maximum absolute atomic E-state index is 15.2. The summed E-state index contributed by atoms with van der Waals surface area (Å²) in [7, 11) is 1.49. The molecule has 1 fully saturated rings. The third-order valence-electron chi connectivity index (χ3n) is 13.0. The monoisotopic (exact) mass is 913 g/mol. The fourth-order valence-electron chi connectivity index (χ4n) is 10.2. The van der Waals surface area contributed by atoms with E-state index in [-0.39, 0.29) is 63.0 Å². The first-order chi connectivity index (χ1) is 32.7. The SMILES string of the molecule is C=CCOC12Oc3ccc(Oc4cccc(C=O)c4)cc3C3C(CCCCO)C(CCCCO)C=C(C(=NOC)CC1N(Cc1ccc4c(c1)OCO4)C(=O)C=Cc1ccc([N+](=O)[O-])cc1)C32. The van der Waals surface area contributed by atoms with Crippen molar-refractivity contribution in [1.82, 2.24) is 4.90 Å². The Balaban J connectivity index is 1.32. The minimum atomic E-state index is -1.55. The second-order valence-electron chi connectivity index (χ2n) is 17.1. The standard InChI is InChI=1S/C52H55N3O12/c1-3-25-65-52-48(54(31-35-15-20-46-47(27-35)64-33-63-46)49(59)22-16-34-13-17-38(18-14-34)55(60)61)30-44(53-62-2)42-28-37(10-4-6-23-56)41(12-5-7-24-57)50(51(42)52)43-29-40(19-21-45(43)67-52)66-39-11-8-9-36(26-39)32-58/h3,8-9,11,13-22,26-29,32,37,41,48,50-51,56-57H,1,4-7,10,12,23-25,30-31,33H2,2H3. The van der Waals surface area contributed by atoms with Crippen LogP contribution in [0.25, 0.3) is 6.08 Å². The summed E-state index contributed by atoms with van der Waals surface area (Å²) < 4.78 is 32.3. The average Bonchev–Trinajstić information content (AvgIpc) is 3.82. The Kier molecular flexibility index (Phi) is 14.8. The molecule has 1 saturated carbocycles. The summed E-state index contributed by atoms with van der Waals surface area (Å²) in [5, 5.41) is 36.0. The van der Waals surface area contributed by atoms with Crippen LogP contribution >= 0.6 is 0 Å². The Labute approximate surface area is 389 Å². The van der Waals surface area contributed by atoms with Crippen molar-refractivity contribution in [3.63, 3.8) is 0 Å². The summed E-state index contributed by atoms with van der Waals surface area (Å²) in [6, 6.07) is 23.2. The number of non-ortho nitro benzene ring substituents is 1. The largest absolute Gasteiger partial charge is 0.459 e. The summed E-state index contributed by atoms with van der Waals surface area (Å²) in [4.78, 5) is 45.1. The number of hydrogen-bond donors (Lipinski definition) is 2. The highest BCUT2D eigenvalue weighted by Crippen LogP contribution is 2.62. The number of carbonyl (C=O) groups is 2. The van der Waals surface area contributed by atoms with E-state index in [4.69, 9.17) is 28.5 Å². The molecule has 2 heterocycles. The molecule has 15 heteroatoms. The second-order valence-corrected chi connectivity index (χ2v) is 17.1. The number of rotatable bonds is 21. The number of unbranched alkanes of at least 4 members (excludes halogenated alkanes) is 2. The van der Waals surface area contributed by atoms with Crippen LogP contribution < -0.4 is 18.9 Å². The fraction of sp³-hybridized carbons (Fsp3) is 0.365. The van der Waals surface area contributed by atoms with E-state index < -0.39 is 28.6 Å². The third-order valence-corrected chi connectivity index (χ3v) is 13.0. The number of fused-ring (bicyclic) bond motifs is 3. The molecule has 0 bridgehead atoms. The zero-order chi connectivity index (χ0) is 46.9. The van der Waals surface area contributed by atoms with Crippen LogP contribution in [0.4, 0.5) is 5.69 Å². The van der Waals surface area contributed by atoms with Gasteiger partial charge in [-0.15, -0.1) is 6.58 Å². The predicted molar refractivity (Wildman–Crippen MR) is 249 cm³/mol. The van der Waals surface area contributed by atoms with E-state index in [1.165, 1.54) is 25.3 Å². The lowest BCUT2D eigenvalue weighted by Gasteiger charge is -2.60. The Morgan fingerprint density at radius 2 is 1.70 bits per heavy atom. The van der Waals surface area contributed by atoms with Gasteiger partial charge in [-0.05, 0) is 115 Å². The number of oxime groups is 1. The summed E-state index contributed by atoms with van der Waals surface area (Å²) in [6.45, 7) is 4.34. The van der Waals surface area contributed by atoms with Gasteiger partial charge in [0.25, 0.3) is 5.69 Å². The van der Waals surface area contributed by atoms with Crippen molar-refractivity contribution in [3.05, 3.63) is 148 Å². The van der Waals surface area contributed by atoms with E-state index in [0.717, 1.165) is 48.7 Å². The van der Waals surface area contributed by atoms with Gasteiger partial charge in [-0.1, -0.05) is 48.3 Å². The minimum absolute atomic E-state index is 0.00741. The molecule has 4 aliphatic rings. The average molecular weight is 914 g/mol. The first kappa shape index (κ1) is 46.7. The maximum atomic E-state index is 15.2. The smallest absolute Gasteiger partial charge is 0.269 e. The second kappa shape index (κ2) is 21.2. The molecule has 2 aliphatic carbocycles. The van der Waals surface area contributed by atoms with Crippen molar-refractivity contribution in [2.24, 2.45) is 22.9 Å². The van der Waals surface area contributed by atoms with Crippen LogP contribution in [-0.4, -0.2) is 83.5 Å². The molecule has 15 nitrogen and oxygen atoms in total. The van der Waals surface area contributed by atoms with E-state index >= 15 is 4.79 Å². The highest BCUT2D eigenvalue weighted by atomic mass is 16.7. The molecule has 1 amide bonds. The van der Waals surface area contributed by atoms with E-state index in [1.807, 2.05) is 36.4 Å². The molecule has 0 spiro atoms. The summed E-state index contributed by atoms with van der Waals surface area (Å²) in [5.41, 5.74) is 4.08. The summed E-state index contributed by atoms with van der Waals surface area (Å²) in [5.74, 6) is -0.190. The highest BCUT2D eigenvalue weighted by molar-refractivity contribution is 6.03. The minimum Gasteiger partial charge on any atom is -0.459 e. The fourth-order valence-corrected chi connectivity index (χ4v) is 10.2. The molecule has 4 aromatic rings. The van der Waals surface area contributed by atoms with Gasteiger partial charge in [0.05, 0.1) is 23.2 Å². The third kappa shape index (κ3) is 9.99. The van der Waals surface area contributed by atoms with Crippen LogP contribution in [0.3, 0.4) is 0 Å². The molecule has 0 saturated heterocycles. The number of carbonyl (C=O) groups excluding carboxylic acids is 2. The number of benzene rings is 4. The van der Waals surface area contributed by atoms with Crippen LogP contribution in [-0.2, 0) is 20.9 Å². The Morgan fingerprint density at radius 1 is 0.940 bits per heavy atom. The van der Waals surface area contributed by atoms with E-state index in [1.54, 1.807) is 53.5 Å². The quantitative estimate of drug-likeness (QED) is 0.0202. The van der Waals surface area contributed by atoms with Crippen LogP contribution in [0.15, 0.2) is 120 Å². The van der Waals surface area contributed by atoms with Crippen molar-refractivity contribution in [2.45, 2.75) is 69.2 Å². The molecule has 350 valence electrons. The Morgan fingerprint density at radius 3 is 2.45 bits per heavy atom. The van der Waals surface area contributed by atoms with Crippen LogP contribution in [0.2, 0.25) is 0 Å². The van der Waals surface area contributed by atoms with Gasteiger partial charge in [-0.3, -0.25) is 19.7 Å². The first-order valence-electron chi connectivity index (χ1n) is 22.7. The number of amides is 1. The van der Waals surface area contributed by atoms with Gasteiger partial charge >= 0.3 is 0 Å². The molecule has 2 aliphatic heterocycles. The number of nitro groups is 1. The zero-order valence-electron chi connectivity index (χ0n) is 37.4. The van der Waals surface area contributed by atoms with E-state index in [0.29, 0.717) is 58.4 Å². The number of aliphatic hydroxyl groups is 2. The normalized spacial score (nSPS) is 22.8. The number of aliphatic hydroxyl groups excluding tert-OH is 2. The first-order valence-corrected chi connectivity index (χ1v) is 22.7. The lowest BCUT2D eigenvalue weighted by molar-refractivity contribution is -0.384. The number of allylic oxidation sites excluding steroid dienone is 1. The van der Waals surface area contributed by atoms with Gasteiger partial charge in [0, 0.05) is 61.4 Å². The van der Waals surface area contributed by atoms with Crippen LogP contribution in [0.5, 0.6) is 28.7 Å². The molecule has 2 N–H and O–H groups in total. The Bertz CT molecular complexity index is 2540. The molecule has 0 radical (unpaired) electrons. The van der Waals surface area contributed by atoms with Crippen LogP contribution in [0.1, 0.15) is 77.9 Å². The van der Waals surface area contributed by atoms with Gasteiger partial charge in [0.2, 0.25) is 18.5 Å². The van der Waals surface area contributed by atoms with Gasteiger partial charge < -0.3 is 43.6 Å². The summed E-state index contributed by atoms with van der Waals surface area (Å²) in [6.07, 6.45) is 12.2. The molecule has 67 heavy (non-hydrogen) atoms. The van der Waals surface area contributed by atoms with Gasteiger partial charge in [-0.2, -0.15) is 0 Å². The van der Waals surface area contributed by atoms with Crippen molar-refractivity contribution in [1.29, 1.82) is 0 Å². The molecule has 6 unspecified atom stereocenters. The predicted octanol–water partition coefficient (Wildman–Crippen LogP) is 8.93. The van der Waals surface area contributed by atoms with Crippen molar-refractivity contribution in [3.8, 4) is 28.7 Å². The summed E-state index contributed by atoms with van der Waals surface area (Å²) >= 11 is 0. The van der Waals surface area contributed by atoms with Gasteiger partial charge in [0.15, 0.2) is 11.5 Å². The number of nitrogens with zero attached hydrogens (tertiary/aromatic N) is 3. The zero-order valence-corrected chi connectivity index (χ0v) is 37.4. The lowest BCUT2D eigenvalue weighted by Crippen LogP contribution is -2.70. The lowest BCUT2D eigenvalue weighted by atomic mass is 9.55. The van der Waals surface area contributed by atoms with Crippen molar-refractivity contribution in [2.75, 3.05) is 33.7 Å². The van der Waals surface area contributed by atoms with Gasteiger partial charge in [-0.25, -0.2) is 0 Å². The van der Waals surface area contributed by atoms with Gasteiger partial charge in [0.1, 0.15) is 36.7 Å². The van der Waals surface area contributed by atoms with Crippen LogP contribution in [0, 0.1) is 27.9 Å². The number of nitro benzene ring substituents is 1. The Hall–Kier alpha value is -6.81.